The first-order valence-electron chi connectivity index (χ1n) is 21.9. The van der Waals surface area contributed by atoms with Gasteiger partial charge < -0.3 is 0 Å². The Morgan fingerprint density at radius 3 is 1.05 bits per heavy atom. The lowest BCUT2D eigenvalue weighted by Gasteiger charge is -2.44. The summed E-state index contributed by atoms with van der Waals surface area (Å²) >= 11 is 0. The highest BCUT2D eigenvalue weighted by Crippen LogP contribution is 2.35. The molecule has 0 bridgehead atoms. The topological polar surface area (TPSA) is 3.88 Å². The van der Waals surface area contributed by atoms with Crippen molar-refractivity contribution in [3.8, 4) is 11.3 Å². The SMILES string of the molecule is Fc1c(F)c(F)c([B-](c2c(F)c(F)c(F)c(F)c2F)(c2c(F)c(F)c(F)c(F)c2F)c2c(F)c(F)c(F)c(F)c2F)c(F)c1F.c1ccc(C[n+]2c(-c3ccc(C4CCCCC4)cc3)ccc3ccccc32)cc1. The number of hydrogen-bond acceptors (Lipinski definition) is 0. The van der Waals surface area contributed by atoms with Crippen LogP contribution in [0.2, 0.25) is 0 Å². The molecule has 1 nitrogen and oxygen atoms in total. The fraction of sp³-hybridized carbons (Fsp3) is 0.135. The molecule has 0 N–H and O–H groups in total. The molecule has 1 saturated carbocycles. The molecule has 0 saturated heterocycles. The predicted octanol–water partition coefficient (Wildman–Crippen LogP) is 12.7. The molecule has 384 valence electrons. The maximum atomic E-state index is 15.4. The van der Waals surface area contributed by atoms with Gasteiger partial charge in [0, 0.05) is 28.6 Å². The fourth-order valence-corrected chi connectivity index (χ4v) is 9.69. The number of nitrogens with zero attached hydrogens (tertiary/aromatic N) is 1. The second-order valence-electron chi connectivity index (χ2n) is 17.1. The highest BCUT2D eigenvalue weighted by Gasteiger charge is 2.52. The predicted molar refractivity (Wildman–Crippen MR) is 230 cm³/mol. The minimum absolute atomic E-state index is 0.755. The molecule has 0 spiro atoms. The molecule has 8 aromatic rings. The van der Waals surface area contributed by atoms with Crippen molar-refractivity contribution in [1.82, 2.24) is 0 Å². The monoisotopic (exact) mass is 1060 g/mol. The Labute approximate surface area is 404 Å². The van der Waals surface area contributed by atoms with Gasteiger partial charge in [-0.25, -0.2) is 87.8 Å². The van der Waals surface area contributed by atoms with E-state index in [1.807, 2.05) is 0 Å². The van der Waals surface area contributed by atoms with Gasteiger partial charge in [-0.2, -0.15) is 4.57 Å². The van der Waals surface area contributed by atoms with Crippen molar-refractivity contribution in [2.75, 3.05) is 0 Å². The number of aromatic nitrogens is 1. The van der Waals surface area contributed by atoms with Gasteiger partial charge in [0.2, 0.25) is 11.2 Å². The molecule has 0 amide bonds. The number of halogens is 20. The third kappa shape index (κ3) is 8.58. The lowest BCUT2D eigenvalue weighted by Crippen LogP contribution is -2.81. The molecular weight excluding hydrogens is 1030 g/mol. The summed E-state index contributed by atoms with van der Waals surface area (Å²) < 4.78 is 296. The van der Waals surface area contributed by atoms with Crippen molar-refractivity contribution >= 4 is 38.9 Å². The zero-order chi connectivity index (χ0) is 53.8. The minimum atomic E-state index is -7.22. The molecule has 1 fully saturated rings. The van der Waals surface area contributed by atoms with Gasteiger partial charge in [0.25, 0.3) is 0 Å². The van der Waals surface area contributed by atoms with E-state index in [0.717, 1.165) is 12.5 Å². The van der Waals surface area contributed by atoms with E-state index >= 15 is 35.1 Å². The van der Waals surface area contributed by atoms with Crippen molar-refractivity contribution in [3.63, 3.8) is 0 Å². The molecule has 74 heavy (non-hydrogen) atoms. The number of hydrogen-bond donors (Lipinski definition) is 0. The maximum absolute atomic E-state index is 15.4. The van der Waals surface area contributed by atoms with E-state index in [1.165, 1.54) is 65.4 Å². The van der Waals surface area contributed by atoms with Crippen LogP contribution < -0.4 is 26.4 Å². The molecule has 0 atom stereocenters. The average molecular weight is 1060 g/mol. The zero-order valence-electron chi connectivity index (χ0n) is 37.1. The van der Waals surface area contributed by atoms with Crippen LogP contribution in [0.25, 0.3) is 22.2 Å². The maximum Gasteiger partial charge on any atom is 0.213 e. The van der Waals surface area contributed by atoms with Gasteiger partial charge in [-0.05, 0) is 48.6 Å². The first-order valence-corrected chi connectivity index (χ1v) is 21.9. The van der Waals surface area contributed by atoms with Crippen molar-refractivity contribution < 1.29 is 92.4 Å². The highest BCUT2D eigenvalue weighted by molar-refractivity contribution is 7.20. The lowest BCUT2D eigenvalue weighted by molar-refractivity contribution is -0.651. The van der Waals surface area contributed by atoms with Crippen LogP contribution in [0, 0.1) is 116 Å². The molecule has 1 aliphatic rings. The molecule has 1 heterocycles. The van der Waals surface area contributed by atoms with E-state index in [-0.39, 0.29) is 0 Å². The number of fused-ring (bicyclic) bond motifs is 1. The molecular formula is C52H28BF20N. The van der Waals surface area contributed by atoms with E-state index in [9.17, 15) is 52.7 Å². The Bertz CT molecular complexity index is 3130. The molecule has 22 heteroatoms. The van der Waals surface area contributed by atoms with Gasteiger partial charge in [0.05, 0.1) is 0 Å². The largest absolute Gasteiger partial charge is 0.213 e. The van der Waals surface area contributed by atoms with Crippen LogP contribution in [0.3, 0.4) is 0 Å². The van der Waals surface area contributed by atoms with Crippen LogP contribution in [0.15, 0.2) is 91.0 Å². The van der Waals surface area contributed by atoms with Gasteiger partial charge in [-0.15, -0.1) is 21.9 Å². The molecule has 9 rings (SSSR count). The van der Waals surface area contributed by atoms with Crippen LogP contribution in [-0.4, -0.2) is 6.15 Å². The molecule has 0 unspecified atom stereocenters. The molecule has 0 aliphatic heterocycles. The number of benzene rings is 7. The van der Waals surface area contributed by atoms with E-state index < -0.39 is 144 Å². The van der Waals surface area contributed by atoms with E-state index in [2.05, 4.69) is 95.6 Å². The Morgan fingerprint density at radius 2 is 0.676 bits per heavy atom. The standard InChI is InChI=1S/C28H28N.C24BF20/c1-3-9-22(10-4-1)21-29-27-14-8-7-13-25(27)19-20-28(29)26-17-15-24(16-18-26)23-11-5-2-6-12-23;26-5-1(6(27)14(35)21(42)13(5)34)25(2-7(28)15(36)22(43)16(37)8(2)29,3-9(30)17(38)23(44)18(39)10(3)31)4-11(32)19(40)24(45)20(41)12(4)33/h1,3-4,7-10,13-20,23H,2,5-6,11-12,21H2;/q+1;-1. The quantitative estimate of drug-likeness (QED) is 0.0469. The van der Waals surface area contributed by atoms with Crippen molar-refractivity contribution in [2.24, 2.45) is 0 Å². The number of para-hydroxylation sites is 1. The van der Waals surface area contributed by atoms with Gasteiger partial charge in [0.1, 0.15) is 52.7 Å². The second kappa shape index (κ2) is 20.5. The number of pyridine rings is 1. The summed E-state index contributed by atoms with van der Waals surface area (Å²) in [5.74, 6) is -70.6. The molecule has 0 radical (unpaired) electrons. The smallest absolute Gasteiger partial charge is 0.207 e. The highest BCUT2D eigenvalue weighted by atomic mass is 19.2. The molecule has 1 aromatic heterocycles. The zero-order valence-corrected chi connectivity index (χ0v) is 37.1. The Kier molecular flexibility index (Phi) is 14.7. The normalized spacial score (nSPS) is 13.1. The first-order chi connectivity index (χ1) is 35.1. The lowest BCUT2D eigenvalue weighted by atomic mass is 9.12. The van der Waals surface area contributed by atoms with Crippen LogP contribution in [0.5, 0.6) is 0 Å². The summed E-state index contributed by atoms with van der Waals surface area (Å²) in [6.45, 7) is 0.877. The van der Waals surface area contributed by atoms with Crippen molar-refractivity contribution in [3.05, 3.63) is 218 Å². The van der Waals surface area contributed by atoms with Crippen molar-refractivity contribution in [2.45, 2.75) is 44.6 Å². The van der Waals surface area contributed by atoms with Crippen LogP contribution in [-0.2, 0) is 6.54 Å². The van der Waals surface area contributed by atoms with Crippen LogP contribution in [0.4, 0.5) is 87.8 Å². The third-order valence-corrected chi connectivity index (χ3v) is 13.1. The molecule has 1 aliphatic carbocycles. The average Bonchev–Trinajstić information content (AvgIpc) is 3.41. The van der Waals surface area contributed by atoms with Crippen LogP contribution >= 0.6 is 0 Å². The summed E-state index contributed by atoms with van der Waals surface area (Å²) in [6, 6.07) is 33.4. The third-order valence-electron chi connectivity index (χ3n) is 13.1. The van der Waals surface area contributed by atoms with E-state index in [0.29, 0.717) is 0 Å². The summed E-state index contributed by atoms with van der Waals surface area (Å²) in [5, 5.41) is 1.28. The van der Waals surface area contributed by atoms with Gasteiger partial charge in [-0.3, -0.25) is 0 Å². The first kappa shape index (κ1) is 52.9. The Morgan fingerprint density at radius 1 is 0.338 bits per heavy atom. The summed E-state index contributed by atoms with van der Waals surface area (Å²) in [6.07, 6.45) is -0.342. The summed E-state index contributed by atoms with van der Waals surface area (Å²) in [4.78, 5) is 0. The van der Waals surface area contributed by atoms with Gasteiger partial charge in [0.15, 0.2) is 76.4 Å². The minimum Gasteiger partial charge on any atom is -0.207 e. The van der Waals surface area contributed by atoms with E-state index in [4.69, 9.17) is 0 Å². The van der Waals surface area contributed by atoms with Crippen LogP contribution in [0.1, 0.15) is 49.1 Å². The number of rotatable bonds is 8. The molecule has 7 aromatic carbocycles. The van der Waals surface area contributed by atoms with E-state index in [1.54, 1.807) is 0 Å². The van der Waals surface area contributed by atoms with Gasteiger partial charge >= 0.3 is 0 Å². The summed E-state index contributed by atoms with van der Waals surface area (Å²) in [7, 11) is 0. The Balaban J connectivity index is 0.000000215. The fourth-order valence-electron chi connectivity index (χ4n) is 9.69. The van der Waals surface area contributed by atoms with Gasteiger partial charge in [-0.1, -0.05) is 73.9 Å². The Hall–Kier alpha value is -7.39. The second-order valence-corrected chi connectivity index (χ2v) is 17.1. The van der Waals surface area contributed by atoms with Crippen molar-refractivity contribution in [1.29, 1.82) is 0 Å². The summed E-state index contributed by atoms with van der Waals surface area (Å²) in [5.41, 5.74) is -7.62.